The Hall–Kier alpha value is -3.32. The first-order valence-electron chi connectivity index (χ1n) is 8.64. The van der Waals surface area contributed by atoms with E-state index >= 15 is 0 Å². The number of hydrogen-bond acceptors (Lipinski definition) is 3. The van der Waals surface area contributed by atoms with Crippen molar-refractivity contribution in [1.82, 2.24) is 9.97 Å². The van der Waals surface area contributed by atoms with Gasteiger partial charge in [0.25, 0.3) is 5.91 Å². The van der Waals surface area contributed by atoms with Crippen molar-refractivity contribution in [3.63, 3.8) is 0 Å². The molecule has 0 radical (unpaired) electrons. The van der Waals surface area contributed by atoms with Crippen LogP contribution >= 0.6 is 11.6 Å². The molecule has 0 aliphatic rings. The van der Waals surface area contributed by atoms with E-state index in [1.165, 1.54) is 0 Å². The number of pyridine rings is 2. The Morgan fingerprint density at radius 2 is 1.93 bits per heavy atom. The smallest absolute Gasteiger partial charge is 0.261 e. The van der Waals surface area contributed by atoms with Gasteiger partial charge in [-0.3, -0.25) is 14.6 Å². The summed E-state index contributed by atoms with van der Waals surface area (Å²) in [5.41, 5.74) is 1.32. The van der Waals surface area contributed by atoms with Crippen molar-refractivity contribution < 1.29 is 13.6 Å². The number of aromatic nitrogens is 2. The third kappa shape index (κ3) is 3.23. The number of nitrogens with zero attached hydrogens (tertiary/aromatic N) is 1. The van der Waals surface area contributed by atoms with Gasteiger partial charge in [0.1, 0.15) is 17.2 Å². The lowest BCUT2D eigenvalue weighted by Gasteiger charge is -2.12. The summed E-state index contributed by atoms with van der Waals surface area (Å²) in [5, 5.41) is 3.50. The van der Waals surface area contributed by atoms with Gasteiger partial charge in [-0.15, -0.1) is 0 Å². The van der Waals surface area contributed by atoms with E-state index in [0.717, 1.165) is 17.8 Å². The number of benzene rings is 2. The van der Waals surface area contributed by atoms with Gasteiger partial charge in [0, 0.05) is 28.4 Å². The standard InChI is InChI=1S/C21H14ClF2N3O2/c1-9-5-16(12-3-4-14(22)10(2)19(12)26-9)27-21(29)13-8-25-17-7-11(23)6-15(24)18(17)20(13)28/h3-8H,1-2H3,(H,25,28)(H,26,27,29). The number of rotatable bonds is 2. The molecule has 0 bridgehead atoms. The highest BCUT2D eigenvalue weighted by Gasteiger charge is 2.18. The summed E-state index contributed by atoms with van der Waals surface area (Å²) in [6.45, 7) is 3.58. The Kier molecular flexibility index (Phi) is 4.55. The number of amides is 1. The van der Waals surface area contributed by atoms with Crippen LogP contribution in [0.15, 0.2) is 41.3 Å². The fraction of sp³-hybridized carbons (Fsp3) is 0.0952. The number of halogens is 3. The van der Waals surface area contributed by atoms with Gasteiger partial charge in [-0.25, -0.2) is 8.78 Å². The van der Waals surface area contributed by atoms with Crippen LogP contribution in [0.25, 0.3) is 21.8 Å². The molecule has 0 spiro atoms. The molecule has 2 heterocycles. The van der Waals surface area contributed by atoms with E-state index in [1.54, 1.807) is 25.1 Å². The number of aryl methyl sites for hydroxylation is 2. The first-order chi connectivity index (χ1) is 13.8. The van der Waals surface area contributed by atoms with E-state index < -0.39 is 23.0 Å². The van der Waals surface area contributed by atoms with Crippen LogP contribution in [0.4, 0.5) is 14.5 Å². The van der Waals surface area contributed by atoms with Crippen molar-refractivity contribution in [2.24, 2.45) is 0 Å². The molecular formula is C21H14ClF2N3O2. The van der Waals surface area contributed by atoms with Gasteiger partial charge in [0.15, 0.2) is 0 Å². The predicted octanol–water partition coefficient (Wildman–Crippen LogP) is 4.88. The van der Waals surface area contributed by atoms with E-state index in [1.807, 2.05) is 6.92 Å². The van der Waals surface area contributed by atoms with Crippen LogP contribution < -0.4 is 10.7 Å². The topological polar surface area (TPSA) is 74.8 Å². The maximum absolute atomic E-state index is 14.1. The van der Waals surface area contributed by atoms with Gasteiger partial charge in [-0.05, 0) is 43.7 Å². The maximum Gasteiger partial charge on any atom is 0.261 e. The van der Waals surface area contributed by atoms with Crippen molar-refractivity contribution >= 4 is 45.0 Å². The number of H-pyrrole nitrogens is 1. The van der Waals surface area contributed by atoms with Crippen LogP contribution in [0, 0.1) is 25.5 Å². The molecule has 0 aliphatic heterocycles. The van der Waals surface area contributed by atoms with E-state index in [0.29, 0.717) is 33.4 Å². The second-order valence-electron chi connectivity index (χ2n) is 6.68. The molecule has 146 valence electrons. The lowest BCUT2D eigenvalue weighted by molar-refractivity contribution is 0.102. The van der Waals surface area contributed by atoms with Crippen molar-refractivity contribution in [3.8, 4) is 0 Å². The van der Waals surface area contributed by atoms with E-state index in [4.69, 9.17) is 11.6 Å². The number of carbonyl (C=O) groups excluding carboxylic acids is 1. The molecule has 0 fully saturated rings. The van der Waals surface area contributed by atoms with Crippen LogP contribution in [-0.4, -0.2) is 15.9 Å². The van der Waals surface area contributed by atoms with Gasteiger partial charge in [0.2, 0.25) is 5.43 Å². The molecule has 0 saturated heterocycles. The van der Waals surface area contributed by atoms with Crippen molar-refractivity contribution in [2.75, 3.05) is 5.32 Å². The molecule has 8 heteroatoms. The molecule has 2 aromatic heterocycles. The minimum absolute atomic E-state index is 0.0282. The van der Waals surface area contributed by atoms with Crippen LogP contribution in [-0.2, 0) is 0 Å². The normalized spacial score (nSPS) is 11.2. The van der Waals surface area contributed by atoms with Crippen molar-refractivity contribution in [2.45, 2.75) is 13.8 Å². The van der Waals surface area contributed by atoms with Gasteiger partial charge in [0.05, 0.1) is 22.1 Å². The van der Waals surface area contributed by atoms with Crippen molar-refractivity contribution in [1.29, 1.82) is 0 Å². The lowest BCUT2D eigenvalue weighted by Crippen LogP contribution is -2.22. The molecule has 29 heavy (non-hydrogen) atoms. The van der Waals surface area contributed by atoms with Gasteiger partial charge in [-0.1, -0.05) is 11.6 Å². The summed E-state index contributed by atoms with van der Waals surface area (Å²) >= 11 is 6.16. The Morgan fingerprint density at radius 3 is 2.69 bits per heavy atom. The highest BCUT2D eigenvalue weighted by molar-refractivity contribution is 6.32. The summed E-state index contributed by atoms with van der Waals surface area (Å²) in [6, 6.07) is 6.68. The summed E-state index contributed by atoms with van der Waals surface area (Å²) in [6.07, 6.45) is 1.14. The Labute approximate surface area is 168 Å². The maximum atomic E-state index is 14.1. The van der Waals surface area contributed by atoms with Gasteiger partial charge in [-0.2, -0.15) is 0 Å². The monoisotopic (exact) mass is 413 g/mol. The van der Waals surface area contributed by atoms with Crippen LogP contribution in [0.2, 0.25) is 5.02 Å². The van der Waals surface area contributed by atoms with Gasteiger partial charge < -0.3 is 10.3 Å². The van der Waals surface area contributed by atoms with Gasteiger partial charge >= 0.3 is 0 Å². The second kappa shape index (κ2) is 6.93. The number of carbonyl (C=O) groups is 1. The Bertz CT molecular complexity index is 1380. The SMILES string of the molecule is Cc1cc(NC(=O)c2c[nH]c3cc(F)cc(F)c3c2=O)c2ccc(Cl)c(C)c2n1. The molecule has 0 atom stereocenters. The summed E-state index contributed by atoms with van der Waals surface area (Å²) in [4.78, 5) is 32.5. The quantitative estimate of drug-likeness (QED) is 0.492. The summed E-state index contributed by atoms with van der Waals surface area (Å²) in [7, 11) is 0. The number of fused-ring (bicyclic) bond motifs is 2. The zero-order chi connectivity index (χ0) is 20.9. The Morgan fingerprint density at radius 1 is 1.17 bits per heavy atom. The van der Waals surface area contributed by atoms with Crippen LogP contribution in [0.3, 0.4) is 0 Å². The molecule has 5 nitrogen and oxygen atoms in total. The second-order valence-corrected chi connectivity index (χ2v) is 7.08. The Balaban J connectivity index is 1.83. The minimum Gasteiger partial charge on any atom is -0.360 e. The molecule has 0 unspecified atom stereocenters. The molecule has 4 rings (SSSR count). The first kappa shape index (κ1) is 19.0. The summed E-state index contributed by atoms with van der Waals surface area (Å²) < 4.78 is 27.5. The third-order valence-electron chi connectivity index (χ3n) is 4.69. The van der Waals surface area contributed by atoms with E-state index in [9.17, 15) is 18.4 Å². The average Bonchev–Trinajstić information content (AvgIpc) is 2.64. The number of hydrogen-bond donors (Lipinski definition) is 2. The molecule has 2 aromatic carbocycles. The fourth-order valence-corrected chi connectivity index (χ4v) is 3.41. The highest BCUT2D eigenvalue weighted by Crippen LogP contribution is 2.30. The third-order valence-corrected chi connectivity index (χ3v) is 5.10. The van der Waals surface area contributed by atoms with Crippen LogP contribution in [0.1, 0.15) is 21.6 Å². The number of nitrogens with one attached hydrogen (secondary N) is 2. The molecule has 2 N–H and O–H groups in total. The predicted molar refractivity (Wildman–Crippen MR) is 109 cm³/mol. The lowest BCUT2D eigenvalue weighted by atomic mass is 10.1. The zero-order valence-corrected chi connectivity index (χ0v) is 16.1. The molecule has 1 amide bonds. The number of anilines is 1. The zero-order valence-electron chi connectivity index (χ0n) is 15.4. The average molecular weight is 414 g/mol. The molecule has 0 saturated carbocycles. The minimum atomic E-state index is -1.04. The fourth-order valence-electron chi connectivity index (χ4n) is 3.26. The number of aromatic amines is 1. The highest BCUT2D eigenvalue weighted by atomic mass is 35.5. The van der Waals surface area contributed by atoms with E-state index in [-0.39, 0.29) is 16.5 Å². The molecular weight excluding hydrogens is 400 g/mol. The van der Waals surface area contributed by atoms with Crippen LogP contribution in [0.5, 0.6) is 0 Å². The first-order valence-corrected chi connectivity index (χ1v) is 9.02. The summed E-state index contributed by atoms with van der Waals surface area (Å²) in [5.74, 6) is -2.58. The molecule has 4 aromatic rings. The van der Waals surface area contributed by atoms with E-state index in [2.05, 4.69) is 15.3 Å². The largest absolute Gasteiger partial charge is 0.360 e. The van der Waals surface area contributed by atoms with Crippen molar-refractivity contribution in [3.05, 3.63) is 80.2 Å². The molecule has 0 aliphatic carbocycles.